The number of furan rings is 1. The quantitative estimate of drug-likeness (QED) is 0.391. The summed E-state index contributed by atoms with van der Waals surface area (Å²) >= 11 is 6.20. The average molecular weight is 297 g/mol. The van der Waals surface area contributed by atoms with Gasteiger partial charge in [0.2, 0.25) is 11.8 Å². The molecule has 0 aliphatic carbocycles. The van der Waals surface area contributed by atoms with Crippen LogP contribution in [0.5, 0.6) is 0 Å². The monoisotopic (exact) mass is 297 g/mol. The highest BCUT2D eigenvalue weighted by atomic mass is 32.2. The Morgan fingerprint density at radius 1 is 1.53 bits per heavy atom. The van der Waals surface area contributed by atoms with Crippen molar-refractivity contribution < 1.29 is 14.0 Å². The van der Waals surface area contributed by atoms with Crippen molar-refractivity contribution in [2.75, 3.05) is 5.88 Å². The number of carbonyl (C=O) groups is 2. The van der Waals surface area contributed by atoms with Crippen LogP contribution in [-0.4, -0.2) is 33.1 Å². The molecule has 0 spiro atoms. The molecule has 8 heteroatoms. The first-order valence-electron chi connectivity index (χ1n) is 5.49. The van der Waals surface area contributed by atoms with Crippen molar-refractivity contribution in [3.63, 3.8) is 0 Å². The van der Waals surface area contributed by atoms with Gasteiger partial charge in [-0.1, -0.05) is 24.0 Å². The third kappa shape index (κ3) is 3.90. The minimum atomic E-state index is -0.153. The topological polar surface area (TPSA) is 74.9 Å². The van der Waals surface area contributed by atoms with Crippen molar-refractivity contribution in [2.24, 2.45) is 5.10 Å². The standard InChI is InChI=1S/C11H11N3O3S2/c15-9-3-4-10(16)14(9)7-19-11(18)13-12-6-8-2-1-5-17-8/h1-2,5-6H,3-4,7H2,(H,13,18)/b12-6-. The number of nitrogens with one attached hydrogen (secondary N) is 1. The number of thiocarbonyl (C=S) groups is 1. The van der Waals surface area contributed by atoms with Crippen LogP contribution in [0.25, 0.3) is 0 Å². The second-order valence-electron chi connectivity index (χ2n) is 3.66. The normalized spacial score (nSPS) is 15.5. The van der Waals surface area contributed by atoms with Gasteiger partial charge in [-0.15, -0.1) is 0 Å². The molecule has 100 valence electrons. The maximum absolute atomic E-state index is 11.4. The van der Waals surface area contributed by atoms with Gasteiger partial charge in [-0.2, -0.15) is 5.10 Å². The first kappa shape index (κ1) is 13.8. The zero-order chi connectivity index (χ0) is 13.7. The summed E-state index contributed by atoms with van der Waals surface area (Å²) < 4.78 is 5.43. The van der Waals surface area contributed by atoms with Crippen LogP contribution in [0.4, 0.5) is 0 Å². The highest BCUT2D eigenvalue weighted by molar-refractivity contribution is 8.22. The first-order chi connectivity index (χ1) is 9.16. The molecule has 2 heterocycles. The molecule has 0 bridgehead atoms. The number of amides is 2. The zero-order valence-electron chi connectivity index (χ0n) is 9.87. The Hall–Kier alpha value is -1.67. The summed E-state index contributed by atoms with van der Waals surface area (Å²) in [5.41, 5.74) is 2.63. The van der Waals surface area contributed by atoms with Crippen LogP contribution >= 0.6 is 24.0 Å². The minimum Gasteiger partial charge on any atom is -0.463 e. The van der Waals surface area contributed by atoms with Gasteiger partial charge in [0.1, 0.15) is 5.76 Å². The van der Waals surface area contributed by atoms with E-state index in [1.54, 1.807) is 18.4 Å². The fourth-order valence-corrected chi connectivity index (χ4v) is 2.30. The fraction of sp³-hybridized carbons (Fsp3) is 0.273. The Balaban J connectivity index is 1.73. The molecule has 6 nitrogen and oxygen atoms in total. The van der Waals surface area contributed by atoms with E-state index in [0.717, 1.165) is 0 Å². The largest absolute Gasteiger partial charge is 0.463 e. The zero-order valence-corrected chi connectivity index (χ0v) is 11.5. The van der Waals surface area contributed by atoms with Gasteiger partial charge in [0.05, 0.1) is 18.4 Å². The number of hydrogen-bond donors (Lipinski definition) is 1. The fourth-order valence-electron chi connectivity index (χ4n) is 1.44. The van der Waals surface area contributed by atoms with E-state index in [1.807, 2.05) is 0 Å². The molecule has 1 N–H and O–H groups in total. The Morgan fingerprint density at radius 3 is 2.89 bits per heavy atom. The lowest BCUT2D eigenvalue weighted by molar-refractivity contribution is -0.137. The molecule has 0 saturated carbocycles. The van der Waals surface area contributed by atoms with Crippen molar-refractivity contribution in [3.8, 4) is 0 Å². The van der Waals surface area contributed by atoms with Gasteiger partial charge in [0.15, 0.2) is 4.32 Å². The second kappa shape index (κ2) is 6.48. The number of rotatable bonds is 4. The predicted octanol–water partition coefficient (Wildman–Crippen LogP) is 1.33. The van der Waals surface area contributed by atoms with E-state index in [2.05, 4.69) is 10.5 Å². The van der Waals surface area contributed by atoms with Crippen molar-refractivity contribution in [1.29, 1.82) is 0 Å². The summed E-state index contributed by atoms with van der Waals surface area (Å²) in [4.78, 5) is 23.9. The molecule has 1 aromatic rings. The van der Waals surface area contributed by atoms with E-state index in [4.69, 9.17) is 16.6 Å². The summed E-state index contributed by atoms with van der Waals surface area (Å²) in [6.07, 6.45) is 3.60. The number of thioether (sulfide) groups is 1. The maximum Gasteiger partial charge on any atom is 0.230 e. The van der Waals surface area contributed by atoms with Gasteiger partial charge in [-0.05, 0) is 12.1 Å². The minimum absolute atomic E-state index is 0.153. The molecule has 19 heavy (non-hydrogen) atoms. The molecule has 2 amide bonds. The summed E-state index contributed by atoms with van der Waals surface area (Å²) in [6, 6.07) is 3.50. The predicted molar refractivity (Wildman–Crippen MR) is 75.6 cm³/mol. The second-order valence-corrected chi connectivity index (χ2v) is 5.28. The molecule has 0 radical (unpaired) electrons. The first-order valence-corrected chi connectivity index (χ1v) is 6.89. The van der Waals surface area contributed by atoms with Gasteiger partial charge in [-0.3, -0.25) is 19.9 Å². The van der Waals surface area contributed by atoms with E-state index < -0.39 is 0 Å². The molecule has 1 saturated heterocycles. The lowest BCUT2D eigenvalue weighted by Crippen LogP contribution is -2.30. The lowest BCUT2D eigenvalue weighted by atomic mass is 10.4. The van der Waals surface area contributed by atoms with Crippen LogP contribution < -0.4 is 5.43 Å². The number of likely N-dealkylation sites (tertiary alicyclic amines) is 1. The van der Waals surface area contributed by atoms with Gasteiger partial charge < -0.3 is 4.42 Å². The maximum atomic E-state index is 11.4. The summed E-state index contributed by atoms with van der Waals surface area (Å²) in [6.45, 7) is 0. The molecule has 1 aromatic heterocycles. The van der Waals surface area contributed by atoms with E-state index in [-0.39, 0.29) is 30.5 Å². The third-order valence-electron chi connectivity index (χ3n) is 2.37. The van der Waals surface area contributed by atoms with Crippen LogP contribution in [0.15, 0.2) is 27.9 Å². The van der Waals surface area contributed by atoms with E-state index >= 15 is 0 Å². The van der Waals surface area contributed by atoms with Crippen LogP contribution in [0.1, 0.15) is 18.6 Å². The number of nitrogens with zero attached hydrogens (tertiary/aromatic N) is 2. The summed E-state index contributed by atoms with van der Waals surface area (Å²) in [5, 5.41) is 3.88. The molecule has 1 fully saturated rings. The highest BCUT2D eigenvalue weighted by Crippen LogP contribution is 2.16. The van der Waals surface area contributed by atoms with E-state index in [1.165, 1.54) is 22.9 Å². The van der Waals surface area contributed by atoms with Crippen molar-refractivity contribution in [3.05, 3.63) is 24.2 Å². The molecule has 1 aliphatic rings. The molecule has 1 aliphatic heterocycles. The molecular formula is C11H11N3O3S2. The Kier molecular flexibility index (Phi) is 4.69. The van der Waals surface area contributed by atoms with Gasteiger partial charge in [0.25, 0.3) is 0 Å². The molecule has 2 rings (SSSR count). The Morgan fingerprint density at radius 2 is 2.26 bits per heavy atom. The van der Waals surface area contributed by atoms with E-state index in [9.17, 15) is 9.59 Å². The van der Waals surface area contributed by atoms with Crippen LogP contribution in [0.3, 0.4) is 0 Å². The molecule has 0 aromatic carbocycles. The summed E-state index contributed by atoms with van der Waals surface area (Å²) in [5.74, 6) is 0.517. The molecule has 0 unspecified atom stereocenters. The van der Waals surface area contributed by atoms with Crippen LogP contribution in [0.2, 0.25) is 0 Å². The SMILES string of the molecule is O=C1CCC(=O)N1CSC(=S)N/N=C\c1ccco1. The van der Waals surface area contributed by atoms with Gasteiger partial charge in [0, 0.05) is 12.8 Å². The van der Waals surface area contributed by atoms with E-state index in [0.29, 0.717) is 10.1 Å². The summed E-state index contributed by atoms with van der Waals surface area (Å²) in [7, 11) is 0. The van der Waals surface area contributed by atoms with Crippen molar-refractivity contribution in [2.45, 2.75) is 12.8 Å². The smallest absolute Gasteiger partial charge is 0.230 e. The number of imide groups is 1. The number of hydrogen-bond acceptors (Lipinski definition) is 6. The Bertz CT molecular complexity index is 497. The number of hydrazone groups is 1. The third-order valence-corrected chi connectivity index (χ3v) is 3.56. The van der Waals surface area contributed by atoms with Crippen LogP contribution in [-0.2, 0) is 9.59 Å². The average Bonchev–Trinajstić information content (AvgIpc) is 2.99. The molecule has 0 atom stereocenters. The highest BCUT2D eigenvalue weighted by Gasteiger charge is 2.28. The number of carbonyl (C=O) groups excluding carboxylic acids is 2. The van der Waals surface area contributed by atoms with Crippen molar-refractivity contribution >= 4 is 46.3 Å². The van der Waals surface area contributed by atoms with Crippen molar-refractivity contribution in [1.82, 2.24) is 10.3 Å². The van der Waals surface area contributed by atoms with Gasteiger partial charge in [-0.25, -0.2) is 0 Å². The van der Waals surface area contributed by atoms with Gasteiger partial charge >= 0.3 is 0 Å². The Labute approximate surface area is 119 Å². The van der Waals surface area contributed by atoms with Crippen LogP contribution in [0, 0.1) is 0 Å². The molecular weight excluding hydrogens is 286 g/mol. The lowest BCUT2D eigenvalue weighted by Gasteiger charge is -2.12.